The first-order valence-electron chi connectivity index (χ1n) is 6.12. The van der Waals surface area contributed by atoms with E-state index in [0.717, 1.165) is 25.7 Å². The van der Waals surface area contributed by atoms with Crippen LogP contribution in [-0.4, -0.2) is 21.6 Å². The van der Waals surface area contributed by atoms with E-state index in [2.05, 4.69) is 17.2 Å². The van der Waals surface area contributed by atoms with Gasteiger partial charge in [0.2, 0.25) is 0 Å². The van der Waals surface area contributed by atoms with Crippen LogP contribution in [0.2, 0.25) is 0 Å². The molecule has 17 heavy (non-hydrogen) atoms. The second-order valence-electron chi connectivity index (χ2n) is 4.57. The number of nitrogens with zero attached hydrogens (tertiary/aromatic N) is 1. The summed E-state index contributed by atoms with van der Waals surface area (Å²) >= 11 is 1.49. The summed E-state index contributed by atoms with van der Waals surface area (Å²) in [5, 5.41) is 13.4. The molecule has 94 valence electrons. The van der Waals surface area contributed by atoms with Crippen LogP contribution in [0.15, 0.2) is 6.20 Å². The maximum absolute atomic E-state index is 11.9. The number of thiazole rings is 1. The molecule has 5 heteroatoms. The third-order valence-corrected chi connectivity index (χ3v) is 4.10. The van der Waals surface area contributed by atoms with Crippen LogP contribution < -0.4 is 5.32 Å². The zero-order valence-corrected chi connectivity index (χ0v) is 10.8. The first kappa shape index (κ1) is 12.5. The Morgan fingerprint density at radius 1 is 1.59 bits per heavy atom. The molecular formula is C12H18N2O2S. The lowest BCUT2D eigenvalue weighted by atomic mass is 10.0. The van der Waals surface area contributed by atoms with E-state index < -0.39 is 5.60 Å². The lowest BCUT2D eigenvalue weighted by molar-refractivity contribution is -0.133. The Balaban J connectivity index is 1.97. The summed E-state index contributed by atoms with van der Waals surface area (Å²) in [5.41, 5.74) is -1.17. The molecule has 1 aliphatic carbocycles. The van der Waals surface area contributed by atoms with Crippen molar-refractivity contribution in [2.45, 2.75) is 51.0 Å². The summed E-state index contributed by atoms with van der Waals surface area (Å²) in [5.74, 6) is -0.299. The number of hydrogen-bond acceptors (Lipinski definition) is 4. The first-order valence-corrected chi connectivity index (χ1v) is 6.94. The molecule has 1 aliphatic rings. The third kappa shape index (κ3) is 2.84. The van der Waals surface area contributed by atoms with Gasteiger partial charge in [0, 0.05) is 11.1 Å². The molecule has 1 heterocycles. The van der Waals surface area contributed by atoms with Crippen LogP contribution in [0.25, 0.3) is 0 Å². The Kier molecular flexibility index (Phi) is 3.79. The van der Waals surface area contributed by atoms with Crippen molar-refractivity contribution in [1.29, 1.82) is 0 Å². The minimum absolute atomic E-state index is 0.299. The Hall–Kier alpha value is -0.940. The molecule has 0 saturated heterocycles. The van der Waals surface area contributed by atoms with Gasteiger partial charge in [-0.05, 0) is 32.1 Å². The van der Waals surface area contributed by atoms with E-state index in [0.29, 0.717) is 18.0 Å². The van der Waals surface area contributed by atoms with Crippen molar-refractivity contribution in [3.63, 3.8) is 0 Å². The zero-order valence-electron chi connectivity index (χ0n) is 10.0. The van der Waals surface area contributed by atoms with Crippen molar-refractivity contribution >= 4 is 22.4 Å². The molecule has 0 aliphatic heterocycles. The fourth-order valence-corrected chi connectivity index (χ4v) is 3.04. The fraction of sp³-hybridized carbons (Fsp3) is 0.667. The standard InChI is InChI=1S/C12H18N2O2S/c1-2-5-9-8-13-11(17-9)14-10(15)12(16)6-3-4-7-12/h8,16H,2-7H2,1H3,(H,13,14,15). The number of amides is 1. The number of carbonyl (C=O) groups excluding carboxylic acids is 1. The van der Waals surface area contributed by atoms with E-state index in [9.17, 15) is 9.90 Å². The van der Waals surface area contributed by atoms with Gasteiger partial charge in [0.25, 0.3) is 5.91 Å². The van der Waals surface area contributed by atoms with Gasteiger partial charge in [-0.15, -0.1) is 11.3 Å². The molecule has 1 fully saturated rings. The van der Waals surface area contributed by atoms with Crippen molar-refractivity contribution < 1.29 is 9.90 Å². The molecule has 0 spiro atoms. The SMILES string of the molecule is CCCc1cnc(NC(=O)C2(O)CCCC2)s1. The van der Waals surface area contributed by atoms with Crippen LogP contribution in [0.4, 0.5) is 5.13 Å². The van der Waals surface area contributed by atoms with E-state index in [4.69, 9.17) is 0 Å². The lowest BCUT2D eigenvalue weighted by Crippen LogP contribution is -2.40. The molecule has 0 radical (unpaired) electrons. The van der Waals surface area contributed by atoms with Gasteiger partial charge in [-0.3, -0.25) is 10.1 Å². The highest BCUT2D eigenvalue weighted by Gasteiger charge is 2.39. The molecule has 1 amide bonds. The van der Waals surface area contributed by atoms with Crippen LogP contribution in [0.3, 0.4) is 0 Å². The summed E-state index contributed by atoms with van der Waals surface area (Å²) in [6.45, 7) is 2.11. The van der Waals surface area contributed by atoms with Crippen LogP contribution in [-0.2, 0) is 11.2 Å². The lowest BCUT2D eigenvalue weighted by Gasteiger charge is -2.19. The quantitative estimate of drug-likeness (QED) is 0.867. The van der Waals surface area contributed by atoms with Crippen LogP contribution in [0.5, 0.6) is 0 Å². The topological polar surface area (TPSA) is 62.2 Å². The van der Waals surface area contributed by atoms with Gasteiger partial charge in [0.1, 0.15) is 5.60 Å². The minimum atomic E-state index is -1.17. The molecule has 2 N–H and O–H groups in total. The summed E-state index contributed by atoms with van der Waals surface area (Å²) in [6.07, 6.45) is 6.81. The van der Waals surface area contributed by atoms with Crippen molar-refractivity contribution in [3.8, 4) is 0 Å². The molecule has 0 unspecified atom stereocenters. The monoisotopic (exact) mass is 254 g/mol. The number of carbonyl (C=O) groups is 1. The molecule has 0 atom stereocenters. The van der Waals surface area contributed by atoms with E-state index in [1.54, 1.807) is 6.20 Å². The molecule has 0 bridgehead atoms. The number of anilines is 1. The fourth-order valence-electron chi connectivity index (χ4n) is 2.13. The Morgan fingerprint density at radius 3 is 2.94 bits per heavy atom. The molecule has 0 aromatic carbocycles. The molecule has 2 rings (SSSR count). The molecular weight excluding hydrogens is 236 g/mol. The predicted octanol–water partition coefficient (Wildman–Crippen LogP) is 2.34. The Bertz CT molecular complexity index is 397. The normalized spacial score (nSPS) is 18.2. The highest BCUT2D eigenvalue weighted by molar-refractivity contribution is 7.15. The summed E-state index contributed by atoms with van der Waals surface area (Å²) in [4.78, 5) is 17.2. The third-order valence-electron chi connectivity index (χ3n) is 3.12. The van der Waals surface area contributed by atoms with Gasteiger partial charge in [0.15, 0.2) is 5.13 Å². The van der Waals surface area contributed by atoms with E-state index in [-0.39, 0.29) is 5.91 Å². The van der Waals surface area contributed by atoms with Gasteiger partial charge < -0.3 is 5.11 Å². The van der Waals surface area contributed by atoms with Gasteiger partial charge in [-0.1, -0.05) is 13.3 Å². The molecule has 4 nitrogen and oxygen atoms in total. The number of aliphatic hydroxyl groups is 1. The minimum Gasteiger partial charge on any atom is -0.380 e. The van der Waals surface area contributed by atoms with Crippen LogP contribution in [0, 0.1) is 0 Å². The maximum atomic E-state index is 11.9. The summed E-state index contributed by atoms with van der Waals surface area (Å²) in [6, 6.07) is 0. The highest BCUT2D eigenvalue weighted by Crippen LogP contribution is 2.31. The number of aromatic nitrogens is 1. The first-order chi connectivity index (χ1) is 8.14. The largest absolute Gasteiger partial charge is 0.380 e. The Labute approximate surface area is 105 Å². The Morgan fingerprint density at radius 2 is 2.29 bits per heavy atom. The van der Waals surface area contributed by atoms with Crippen molar-refractivity contribution in [1.82, 2.24) is 4.98 Å². The highest BCUT2D eigenvalue weighted by atomic mass is 32.1. The molecule has 1 aromatic rings. The van der Waals surface area contributed by atoms with Crippen molar-refractivity contribution in [3.05, 3.63) is 11.1 Å². The van der Waals surface area contributed by atoms with Gasteiger partial charge in [-0.2, -0.15) is 0 Å². The zero-order chi connectivity index (χ0) is 12.3. The average Bonchev–Trinajstić information content (AvgIpc) is 2.90. The second kappa shape index (κ2) is 5.14. The number of nitrogens with one attached hydrogen (secondary N) is 1. The number of hydrogen-bond donors (Lipinski definition) is 2. The van der Waals surface area contributed by atoms with E-state index in [1.807, 2.05) is 0 Å². The molecule has 1 saturated carbocycles. The second-order valence-corrected chi connectivity index (χ2v) is 5.69. The smallest absolute Gasteiger partial charge is 0.258 e. The van der Waals surface area contributed by atoms with E-state index in [1.165, 1.54) is 16.2 Å². The van der Waals surface area contributed by atoms with Crippen molar-refractivity contribution in [2.75, 3.05) is 5.32 Å². The molecule has 1 aromatic heterocycles. The average molecular weight is 254 g/mol. The summed E-state index contributed by atoms with van der Waals surface area (Å²) in [7, 11) is 0. The van der Waals surface area contributed by atoms with Crippen LogP contribution in [0.1, 0.15) is 43.9 Å². The van der Waals surface area contributed by atoms with Gasteiger partial charge in [-0.25, -0.2) is 4.98 Å². The number of rotatable bonds is 4. The van der Waals surface area contributed by atoms with Gasteiger partial charge >= 0.3 is 0 Å². The maximum Gasteiger partial charge on any atom is 0.258 e. The van der Waals surface area contributed by atoms with Gasteiger partial charge in [0.05, 0.1) is 0 Å². The van der Waals surface area contributed by atoms with Crippen LogP contribution >= 0.6 is 11.3 Å². The number of aryl methyl sites for hydroxylation is 1. The predicted molar refractivity (Wildman–Crippen MR) is 68.2 cm³/mol. The summed E-state index contributed by atoms with van der Waals surface area (Å²) < 4.78 is 0. The van der Waals surface area contributed by atoms with E-state index >= 15 is 0 Å². The van der Waals surface area contributed by atoms with Crippen molar-refractivity contribution in [2.24, 2.45) is 0 Å².